The molecule has 3 rings (SSSR count). The second-order valence-corrected chi connectivity index (χ2v) is 8.04. The molecular weight excluding hydrogens is 402 g/mol. The van der Waals surface area contributed by atoms with Gasteiger partial charge in [-0.2, -0.15) is 0 Å². The first-order chi connectivity index (χ1) is 13.7. The van der Waals surface area contributed by atoms with Crippen LogP contribution in [-0.2, 0) is 20.6 Å². The molecule has 0 aromatic heterocycles. The van der Waals surface area contributed by atoms with Gasteiger partial charge in [0.2, 0.25) is 15.9 Å². The monoisotopic (exact) mass is 419 g/mol. The van der Waals surface area contributed by atoms with E-state index in [2.05, 4.69) is 5.32 Å². The van der Waals surface area contributed by atoms with Crippen LogP contribution >= 0.6 is 0 Å². The minimum absolute atomic E-state index is 0.134. The number of anilines is 1. The minimum Gasteiger partial charge on any atom is -0.494 e. The van der Waals surface area contributed by atoms with Gasteiger partial charge < -0.3 is 10.1 Å². The van der Waals surface area contributed by atoms with Gasteiger partial charge in [0.15, 0.2) is 0 Å². The second-order valence-electron chi connectivity index (χ2n) is 6.14. The van der Waals surface area contributed by atoms with Gasteiger partial charge in [0, 0.05) is 5.56 Å². The smallest absolute Gasteiger partial charge is 0.296 e. The summed E-state index contributed by atoms with van der Waals surface area (Å²) in [5.74, 6) is -1.86. The summed E-state index contributed by atoms with van der Waals surface area (Å²) in [4.78, 5) is 35.5. The lowest BCUT2D eigenvalue weighted by molar-refractivity contribution is -0.384. The molecule has 2 aromatic rings. The molecule has 10 nitrogen and oxygen atoms in total. The molecule has 0 fully saturated rings. The van der Waals surface area contributed by atoms with Crippen molar-refractivity contribution in [3.63, 3.8) is 0 Å². The highest BCUT2D eigenvalue weighted by Gasteiger charge is 2.37. The first-order valence-corrected chi connectivity index (χ1v) is 10.2. The van der Waals surface area contributed by atoms with E-state index in [1.54, 1.807) is 19.1 Å². The highest BCUT2D eigenvalue weighted by molar-refractivity contribution is 7.89. The molecule has 1 N–H and O–H groups in total. The number of rotatable bonds is 6. The van der Waals surface area contributed by atoms with Gasteiger partial charge in [-0.15, -0.1) is 0 Å². The number of fused-ring (bicyclic) bond motifs is 1. The van der Waals surface area contributed by atoms with Crippen molar-refractivity contribution in [3.8, 4) is 5.75 Å². The van der Waals surface area contributed by atoms with E-state index >= 15 is 0 Å². The Morgan fingerprint density at radius 1 is 1.28 bits per heavy atom. The van der Waals surface area contributed by atoms with Crippen molar-refractivity contribution in [3.05, 3.63) is 63.7 Å². The van der Waals surface area contributed by atoms with E-state index in [9.17, 15) is 28.1 Å². The van der Waals surface area contributed by atoms with E-state index in [0.29, 0.717) is 16.5 Å². The average molecular weight is 419 g/mol. The van der Waals surface area contributed by atoms with Crippen LogP contribution in [0.1, 0.15) is 22.8 Å². The summed E-state index contributed by atoms with van der Waals surface area (Å²) in [6, 6.07) is 10.1. The molecule has 0 aliphatic carbocycles. The molecular formula is C18H17N3O7S. The SMILES string of the molecule is CCOc1ccc(NC(=O)CN2C(=O)c3ccccc3CS2(=O)=O)c([N+](=O)[O-])c1. The van der Waals surface area contributed by atoms with Crippen molar-refractivity contribution in [1.29, 1.82) is 0 Å². The molecule has 1 heterocycles. The number of nitro groups is 1. The van der Waals surface area contributed by atoms with Gasteiger partial charge in [-0.05, 0) is 30.7 Å². The molecule has 0 saturated heterocycles. The fourth-order valence-corrected chi connectivity index (χ4v) is 4.37. The molecule has 0 radical (unpaired) electrons. The van der Waals surface area contributed by atoms with Crippen LogP contribution in [0.4, 0.5) is 11.4 Å². The molecule has 1 aliphatic rings. The Bertz CT molecular complexity index is 1100. The number of benzene rings is 2. The number of hydrogen-bond donors (Lipinski definition) is 1. The van der Waals surface area contributed by atoms with Crippen LogP contribution in [0.25, 0.3) is 0 Å². The Morgan fingerprint density at radius 2 is 2.00 bits per heavy atom. The summed E-state index contributed by atoms with van der Waals surface area (Å²) in [6.07, 6.45) is 0. The summed E-state index contributed by atoms with van der Waals surface area (Å²) in [6.45, 7) is 1.23. The molecule has 0 bridgehead atoms. The number of ether oxygens (including phenoxy) is 1. The lowest BCUT2D eigenvalue weighted by Gasteiger charge is -2.27. The lowest BCUT2D eigenvalue weighted by atomic mass is 10.1. The van der Waals surface area contributed by atoms with Crippen LogP contribution in [0, 0.1) is 10.1 Å². The number of nitro benzene ring substituents is 1. The van der Waals surface area contributed by atoms with Crippen LogP contribution in [-0.4, -0.2) is 42.6 Å². The van der Waals surface area contributed by atoms with Crippen LogP contribution in [0.2, 0.25) is 0 Å². The molecule has 0 unspecified atom stereocenters. The van der Waals surface area contributed by atoms with Gasteiger partial charge in [0.05, 0.1) is 23.3 Å². The first kappa shape index (κ1) is 20.3. The number of nitrogens with zero attached hydrogens (tertiary/aromatic N) is 2. The third-order valence-corrected chi connectivity index (χ3v) is 5.83. The molecule has 152 valence electrons. The molecule has 11 heteroatoms. The number of sulfonamides is 1. The van der Waals surface area contributed by atoms with Gasteiger partial charge in [0.1, 0.15) is 18.0 Å². The zero-order valence-electron chi connectivity index (χ0n) is 15.3. The molecule has 29 heavy (non-hydrogen) atoms. The van der Waals surface area contributed by atoms with Crippen LogP contribution in [0.5, 0.6) is 5.75 Å². The summed E-state index contributed by atoms with van der Waals surface area (Å²) in [7, 11) is -4.04. The third-order valence-electron chi connectivity index (χ3n) is 4.19. The van der Waals surface area contributed by atoms with E-state index in [4.69, 9.17) is 4.74 Å². The first-order valence-electron chi connectivity index (χ1n) is 8.56. The quantitative estimate of drug-likeness (QED) is 0.558. The number of amides is 2. The zero-order chi connectivity index (χ0) is 21.2. The minimum atomic E-state index is -4.04. The molecule has 0 atom stereocenters. The molecule has 0 saturated carbocycles. The van der Waals surface area contributed by atoms with Gasteiger partial charge in [0.25, 0.3) is 11.6 Å². The van der Waals surface area contributed by atoms with Crippen molar-refractivity contribution < 1.29 is 27.7 Å². The van der Waals surface area contributed by atoms with Crippen molar-refractivity contribution in [2.24, 2.45) is 0 Å². The Balaban J connectivity index is 1.82. The number of hydrogen-bond acceptors (Lipinski definition) is 7. The van der Waals surface area contributed by atoms with Crippen molar-refractivity contribution >= 4 is 33.2 Å². The van der Waals surface area contributed by atoms with Crippen LogP contribution in [0.3, 0.4) is 0 Å². The fourth-order valence-electron chi connectivity index (χ4n) is 2.90. The number of nitrogens with one attached hydrogen (secondary N) is 1. The zero-order valence-corrected chi connectivity index (χ0v) is 16.1. The Labute approximate surface area is 166 Å². The Kier molecular flexibility index (Phi) is 5.50. The Morgan fingerprint density at radius 3 is 2.69 bits per heavy atom. The maximum absolute atomic E-state index is 12.6. The van der Waals surface area contributed by atoms with E-state index in [-0.39, 0.29) is 17.0 Å². The lowest BCUT2D eigenvalue weighted by Crippen LogP contribution is -2.45. The summed E-state index contributed by atoms with van der Waals surface area (Å²) in [5, 5.41) is 13.6. The predicted molar refractivity (Wildman–Crippen MR) is 103 cm³/mol. The summed E-state index contributed by atoms with van der Waals surface area (Å²) < 4.78 is 30.6. The highest BCUT2D eigenvalue weighted by atomic mass is 32.2. The third kappa shape index (κ3) is 4.19. The van der Waals surface area contributed by atoms with Gasteiger partial charge in [-0.3, -0.25) is 19.7 Å². The van der Waals surface area contributed by atoms with Crippen molar-refractivity contribution in [1.82, 2.24) is 4.31 Å². The van der Waals surface area contributed by atoms with Gasteiger partial charge in [-0.1, -0.05) is 18.2 Å². The fraction of sp³-hybridized carbons (Fsp3) is 0.222. The summed E-state index contributed by atoms with van der Waals surface area (Å²) in [5.41, 5.74) is 0.00617. The highest BCUT2D eigenvalue weighted by Crippen LogP contribution is 2.30. The average Bonchev–Trinajstić information content (AvgIpc) is 2.66. The number of carbonyl (C=O) groups is 2. The van der Waals surface area contributed by atoms with Gasteiger partial charge in [-0.25, -0.2) is 12.7 Å². The van der Waals surface area contributed by atoms with Crippen molar-refractivity contribution in [2.75, 3.05) is 18.5 Å². The molecule has 1 aliphatic heterocycles. The Hall–Kier alpha value is -3.47. The van der Waals surface area contributed by atoms with Crippen molar-refractivity contribution in [2.45, 2.75) is 12.7 Å². The van der Waals surface area contributed by atoms with E-state index in [1.807, 2.05) is 0 Å². The normalized spacial score (nSPS) is 14.8. The maximum Gasteiger partial charge on any atom is 0.296 e. The molecule has 2 amide bonds. The van der Waals surface area contributed by atoms with Crippen LogP contribution < -0.4 is 10.1 Å². The molecule has 2 aromatic carbocycles. The van der Waals surface area contributed by atoms with Gasteiger partial charge >= 0.3 is 0 Å². The predicted octanol–water partition coefficient (Wildman–Crippen LogP) is 1.92. The van der Waals surface area contributed by atoms with Crippen LogP contribution in [0.15, 0.2) is 42.5 Å². The largest absolute Gasteiger partial charge is 0.494 e. The summed E-state index contributed by atoms with van der Waals surface area (Å²) >= 11 is 0. The number of carbonyl (C=O) groups excluding carboxylic acids is 2. The standard InChI is InChI=1S/C18H17N3O7S/c1-2-28-13-7-8-15(16(9-13)21(24)25)19-17(22)10-20-18(23)14-6-4-3-5-12(14)11-29(20,26)27/h3-9H,2,10-11H2,1H3,(H,19,22). The topological polar surface area (TPSA) is 136 Å². The van der Waals surface area contributed by atoms with E-state index < -0.39 is 44.7 Å². The molecule has 0 spiro atoms. The van der Waals surface area contributed by atoms with E-state index in [0.717, 1.165) is 6.07 Å². The van der Waals surface area contributed by atoms with E-state index in [1.165, 1.54) is 24.3 Å². The maximum atomic E-state index is 12.6. The second kappa shape index (κ2) is 7.87.